The first kappa shape index (κ1) is 13.0. The lowest BCUT2D eigenvalue weighted by molar-refractivity contribution is 0.288. The number of nitrogens with one attached hydrogen (secondary N) is 1. The highest BCUT2D eigenvalue weighted by Gasteiger charge is 2.18. The minimum atomic E-state index is -2.75. The molecule has 0 saturated carbocycles. The van der Waals surface area contributed by atoms with Gasteiger partial charge in [0, 0.05) is 5.75 Å². The average Bonchev–Trinajstić information content (AvgIpc) is 2.18. The molecular formula is C11H23NO2S. The van der Waals surface area contributed by atoms with Gasteiger partial charge in [-0.3, -0.25) is 0 Å². The minimum absolute atomic E-state index is 0.284. The molecule has 3 nitrogen and oxygen atoms in total. The number of hydrogen-bond acceptors (Lipinski definition) is 3. The number of rotatable bonds is 5. The Morgan fingerprint density at radius 2 is 2.07 bits per heavy atom. The van der Waals surface area contributed by atoms with Gasteiger partial charge in [-0.25, -0.2) is 8.42 Å². The van der Waals surface area contributed by atoms with E-state index in [-0.39, 0.29) is 5.75 Å². The monoisotopic (exact) mass is 233 g/mol. The van der Waals surface area contributed by atoms with Crippen LogP contribution >= 0.6 is 0 Å². The highest BCUT2D eigenvalue weighted by molar-refractivity contribution is 7.91. The van der Waals surface area contributed by atoms with Gasteiger partial charge in [0.05, 0.1) is 5.75 Å². The van der Waals surface area contributed by atoms with Crippen molar-refractivity contribution in [3.05, 3.63) is 0 Å². The van der Waals surface area contributed by atoms with Crippen molar-refractivity contribution in [2.75, 3.05) is 24.6 Å². The molecule has 15 heavy (non-hydrogen) atoms. The molecule has 0 amide bonds. The van der Waals surface area contributed by atoms with E-state index in [4.69, 9.17) is 0 Å². The predicted molar refractivity (Wildman–Crippen MR) is 63.7 cm³/mol. The summed E-state index contributed by atoms with van der Waals surface area (Å²) < 4.78 is 22.6. The molecule has 1 saturated heterocycles. The maximum Gasteiger partial charge on any atom is 0.150 e. The molecule has 0 spiro atoms. The lowest BCUT2D eigenvalue weighted by atomic mass is 9.89. The molecule has 1 aliphatic rings. The van der Waals surface area contributed by atoms with Gasteiger partial charge in [0.1, 0.15) is 9.84 Å². The Kier molecular flexibility index (Phi) is 5.06. The van der Waals surface area contributed by atoms with Crippen LogP contribution in [0.1, 0.15) is 33.1 Å². The van der Waals surface area contributed by atoms with Crippen molar-refractivity contribution in [2.45, 2.75) is 33.1 Å². The van der Waals surface area contributed by atoms with E-state index in [1.54, 1.807) is 6.92 Å². The van der Waals surface area contributed by atoms with Gasteiger partial charge in [-0.2, -0.15) is 0 Å². The van der Waals surface area contributed by atoms with Crippen LogP contribution in [0.3, 0.4) is 0 Å². The van der Waals surface area contributed by atoms with Gasteiger partial charge in [0.2, 0.25) is 0 Å². The molecule has 2 atom stereocenters. The normalized spacial score (nSPS) is 27.9. The zero-order valence-electron chi connectivity index (χ0n) is 9.83. The second kappa shape index (κ2) is 5.85. The molecule has 2 unspecified atom stereocenters. The topological polar surface area (TPSA) is 46.2 Å². The van der Waals surface area contributed by atoms with Gasteiger partial charge in [-0.1, -0.05) is 13.8 Å². The lowest BCUT2D eigenvalue weighted by Crippen LogP contribution is -2.35. The summed E-state index contributed by atoms with van der Waals surface area (Å²) in [6.45, 7) is 6.15. The zero-order valence-corrected chi connectivity index (χ0v) is 10.6. The maximum atomic E-state index is 11.3. The van der Waals surface area contributed by atoms with Crippen LogP contribution in [-0.4, -0.2) is 33.0 Å². The highest BCUT2D eigenvalue weighted by Crippen LogP contribution is 2.20. The van der Waals surface area contributed by atoms with E-state index in [0.29, 0.717) is 11.7 Å². The Morgan fingerprint density at radius 3 is 2.67 bits per heavy atom. The van der Waals surface area contributed by atoms with Crippen LogP contribution in [-0.2, 0) is 9.84 Å². The average molecular weight is 233 g/mol. The van der Waals surface area contributed by atoms with Gasteiger partial charge in [-0.05, 0) is 44.2 Å². The molecule has 0 aliphatic carbocycles. The van der Waals surface area contributed by atoms with E-state index < -0.39 is 9.84 Å². The van der Waals surface area contributed by atoms with E-state index >= 15 is 0 Å². The quantitative estimate of drug-likeness (QED) is 0.782. The largest absolute Gasteiger partial charge is 0.316 e. The molecule has 1 rings (SSSR count). The van der Waals surface area contributed by atoms with Gasteiger partial charge < -0.3 is 5.32 Å². The van der Waals surface area contributed by atoms with Gasteiger partial charge >= 0.3 is 0 Å². The van der Waals surface area contributed by atoms with Gasteiger partial charge in [-0.15, -0.1) is 0 Å². The molecule has 1 fully saturated rings. The molecule has 4 heteroatoms. The summed E-state index contributed by atoms with van der Waals surface area (Å²) >= 11 is 0. The Morgan fingerprint density at radius 1 is 1.33 bits per heavy atom. The van der Waals surface area contributed by atoms with Gasteiger partial charge in [0.25, 0.3) is 0 Å². The Hall–Kier alpha value is -0.0900. The van der Waals surface area contributed by atoms with Crippen molar-refractivity contribution in [1.29, 1.82) is 0 Å². The summed E-state index contributed by atoms with van der Waals surface area (Å²) in [5, 5.41) is 3.40. The molecule has 90 valence electrons. The van der Waals surface area contributed by atoms with Crippen molar-refractivity contribution in [2.24, 2.45) is 11.8 Å². The third-order valence-corrected chi connectivity index (χ3v) is 4.96. The molecule has 0 aromatic carbocycles. The molecule has 1 aliphatic heterocycles. The van der Waals surface area contributed by atoms with Crippen molar-refractivity contribution >= 4 is 9.84 Å². The Labute approximate surface area is 93.6 Å². The highest BCUT2D eigenvalue weighted by atomic mass is 32.2. The van der Waals surface area contributed by atoms with E-state index in [2.05, 4.69) is 12.2 Å². The van der Waals surface area contributed by atoms with E-state index in [1.807, 2.05) is 0 Å². The number of piperidine rings is 1. The first-order chi connectivity index (χ1) is 7.03. The summed E-state index contributed by atoms with van der Waals surface area (Å²) in [7, 11) is -2.75. The smallest absolute Gasteiger partial charge is 0.150 e. The zero-order chi connectivity index (χ0) is 11.3. The third kappa shape index (κ3) is 4.98. The number of hydrogen-bond donors (Lipinski definition) is 1. The second-order valence-corrected chi connectivity index (χ2v) is 7.22. The van der Waals surface area contributed by atoms with Crippen LogP contribution in [0.15, 0.2) is 0 Å². The fraction of sp³-hybridized carbons (Fsp3) is 1.00. The minimum Gasteiger partial charge on any atom is -0.316 e. The Balaban J connectivity index is 2.20. The molecule has 1 N–H and O–H groups in total. The Bertz CT molecular complexity index is 274. The van der Waals surface area contributed by atoms with Crippen molar-refractivity contribution in [3.8, 4) is 0 Å². The molecule has 0 aromatic heterocycles. The maximum absolute atomic E-state index is 11.3. The second-order valence-electron chi connectivity index (χ2n) is 4.74. The van der Waals surface area contributed by atoms with Crippen LogP contribution in [0.4, 0.5) is 0 Å². The summed E-state index contributed by atoms with van der Waals surface area (Å²) in [5.74, 6) is 2.08. The fourth-order valence-corrected chi connectivity index (χ4v) is 3.12. The van der Waals surface area contributed by atoms with Crippen LogP contribution in [0.25, 0.3) is 0 Å². The van der Waals surface area contributed by atoms with Crippen molar-refractivity contribution in [3.63, 3.8) is 0 Å². The third-order valence-electron chi connectivity index (χ3n) is 3.17. The van der Waals surface area contributed by atoms with Crippen LogP contribution in [0.5, 0.6) is 0 Å². The molecule has 0 radical (unpaired) electrons. The molecule has 0 bridgehead atoms. The summed E-state index contributed by atoms with van der Waals surface area (Å²) in [4.78, 5) is 0. The van der Waals surface area contributed by atoms with E-state index in [9.17, 15) is 8.42 Å². The number of sulfone groups is 1. The van der Waals surface area contributed by atoms with E-state index in [0.717, 1.165) is 31.8 Å². The van der Waals surface area contributed by atoms with Crippen molar-refractivity contribution < 1.29 is 8.42 Å². The van der Waals surface area contributed by atoms with Crippen molar-refractivity contribution in [1.82, 2.24) is 5.32 Å². The summed E-state index contributed by atoms with van der Waals surface area (Å²) in [6.07, 6.45) is 3.13. The molecule has 1 heterocycles. The van der Waals surface area contributed by atoms with Crippen LogP contribution < -0.4 is 5.32 Å². The molecular weight excluding hydrogens is 210 g/mol. The first-order valence-electron chi connectivity index (χ1n) is 5.94. The van der Waals surface area contributed by atoms with E-state index in [1.165, 1.54) is 6.42 Å². The predicted octanol–water partition coefficient (Wildman–Crippen LogP) is 1.45. The SMILES string of the molecule is CCS(=O)(=O)CCCC1CNCC(C)C1. The van der Waals surface area contributed by atoms with Crippen LogP contribution in [0.2, 0.25) is 0 Å². The standard InChI is InChI=1S/C11H23NO2S/c1-3-15(13,14)6-4-5-11-7-10(2)8-12-9-11/h10-12H,3-9H2,1-2H3. The van der Waals surface area contributed by atoms with Gasteiger partial charge in [0.15, 0.2) is 0 Å². The summed E-state index contributed by atoms with van der Waals surface area (Å²) in [6, 6.07) is 0. The molecule has 0 aromatic rings. The summed E-state index contributed by atoms with van der Waals surface area (Å²) in [5.41, 5.74) is 0. The van der Waals surface area contributed by atoms with Crippen LogP contribution in [0, 0.1) is 11.8 Å². The lowest BCUT2D eigenvalue weighted by Gasteiger charge is -2.27. The first-order valence-corrected chi connectivity index (χ1v) is 7.76. The fourth-order valence-electron chi connectivity index (χ4n) is 2.23.